The second-order valence-electron chi connectivity index (χ2n) is 4.00. The lowest BCUT2D eigenvalue weighted by molar-refractivity contribution is 0.0249. The molecule has 1 atom stereocenters. The first-order valence-corrected chi connectivity index (χ1v) is 6.07. The topological polar surface area (TPSA) is 64.3 Å². The molecule has 0 radical (unpaired) electrons. The van der Waals surface area contributed by atoms with E-state index < -0.39 is 0 Å². The van der Waals surface area contributed by atoms with Crippen molar-refractivity contribution >= 4 is 17.2 Å². The van der Waals surface area contributed by atoms with Crippen molar-refractivity contribution in [2.24, 2.45) is 11.8 Å². The Bertz CT molecular complexity index is 350. The number of nitrogens with one attached hydrogen (secondary N) is 1. The minimum atomic E-state index is -0.256. The molecule has 1 aromatic rings. The molecule has 1 unspecified atom stereocenters. The van der Waals surface area contributed by atoms with Gasteiger partial charge >= 0.3 is 0 Å². The van der Waals surface area contributed by atoms with Crippen molar-refractivity contribution in [3.63, 3.8) is 0 Å². The average Bonchev–Trinajstić information content (AvgIpc) is 2.73. The van der Waals surface area contributed by atoms with Gasteiger partial charge < -0.3 is 4.74 Å². The van der Waals surface area contributed by atoms with Gasteiger partial charge in [-0.15, -0.1) is 11.3 Å². The molecule has 1 amide bonds. The molecule has 1 aromatic heterocycles. The van der Waals surface area contributed by atoms with Crippen LogP contribution in [0.4, 0.5) is 0 Å². The number of hydrogen-bond acceptors (Lipinski definition) is 4. The molecular formula is C11H18N2O2S. The number of hydrogen-bond donors (Lipinski definition) is 2. The van der Waals surface area contributed by atoms with Crippen LogP contribution in [0.3, 0.4) is 0 Å². The fraction of sp³-hybridized carbons (Fsp3) is 0.545. The van der Waals surface area contributed by atoms with Gasteiger partial charge in [0.05, 0.1) is 17.6 Å². The highest BCUT2D eigenvalue weighted by molar-refractivity contribution is 7.14. The largest absolute Gasteiger partial charge is 0.373 e. The summed E-state index contributed by atoms with van der Waals surface area (Å²) >= 11 is 1.40. The minimum Gasteiger partial charge on any atom is -0.373 e. The van der Waals surface area contributed by atoms with Gasteiger partial charge in [-0.3, -0.25) is 10.2 Å². The number of hydrazine groups is 1. The summed E-state index contributed by atoms with van der Waals surface area (Å²) in [6, 6.07) is 3.65. The fourth-order valence-corrected chi connectivity index (χ4v) is 1.89. The smallest absolute Gasteiger partial charge is 0.275 e. The number of rotatable bonds is 5. The van der Waals surface area contributed by atoms with E-state index >= 15 is 0 Å². The van der Waals surface area contributed by atoms with Crippen LogP contribution in [0.15, 0.2) is 12.1 Å². The van der Waals surface area contributed by atoms with E-state index in [1.807, 2.05) is 13.0 Å². The number of amides is 1. The molecule has 0 aliphatic heterocycles. The second-order valence-corrected chi connectivity index (χ2v) is 5.17. The van der Waals surface area contributed by atoms with Crippen molar-refractivity contribution in [1.29, 1.82) is 0 Å². The first kappa shape index (κ1) is 13.2. The average molecular weight is 242 g/mol. The van der Waals surface area contributed by atoms with Gasteiger partial charge in [0.2, 0.25) is 0 Å². The summed E-state index contributed by atoms with van der Waals surface area (Å²) in [5, 5.41) is 0. The summed E-state index contributed by atoms with van der Waals surface area (Å²) in [7, 11) is 0. The van der Waals surface area contributed by atoms with E-state index in [2.05, 4.69) is 19.3 Å². The molecule has 1 rings (SSSR count). The number of nitrogens with two attached hydrogens (primary N) is 1. The third kappa shape index (κ3) is 3.59. The molecule has 0 saturated carbocycles. The molecule has 0 aliphatic carbocycles. The molecule has 4 nitrogen and oxygen atoms in total. The Hall–Kier alpha value is -0.910. The van der Waals surface area contributed by atoms with Crippen LogP contribution >= 0.6 is 11.3 Å². The zero-order valence-electron chi connectivity index (χ0n) is 9.82. The van der Waals surface area contributed by atoms with Gasteiger partial charge in [-0.1, -0.05) is 13.8 Å². The van der Waals surface area contributed by atoms with Gasteiger partial charge in [0.25, 0.3) is 5.91 Å². The standard InChI is InChI=1S/C11H18N2O2S/c1-7(2)8(3)15-6-9-4-5-10(16-9)11(14)13-12/h4-5,7-8H,6,12H2,1-3H3,(H,13,14). The summed E-state index contributed by atoms with van der Waals surface area (Å²) in [6.45, 7) is 6.83. The Kier molecular flexibility index (Phi) is 4.92. The monoisotopic (exact) mass is 242 g/mol. The SMILES string of the molecule is CC(C)C(C)OCc1ccc(C(=O)NN)s1. The Morgan fingerprint density at radius 1 is 1.50 bits per heavy atom. The van der Waals surface area contributed by atoms with E-state index in [1.165, 1.54) is 11.3 Å². The van der Waals surface area contributed by atoms with Crippen LogP contribution in [0.2, 0.25) is 0 Å². The van der Waals surface area contributed by atoms with Crippen LogP contribution < -0.4 is 11.3 Å². The van der Waals surface area contributed by atoms with Crippen LogP contribution in [-0.4, -0.2) is 12.0 Å². The van der Waals surface area contributed by atoms with Crippen molar-refractivity contribution < 1.29 is 9.53 Å². The van der Waals surface area contributed by atoms with Gasteiger partial charge in [0.1, 0.15) is 0 Å². The number of carbonyl (C=O) groups is 1. The van der Waals surface area contributed by atoms with Crippen molar-refractivity contribution in [3.05, 3.63) is 21.9 Å². The normalized spacial score (nSPS) is 12.8. The fourth-order valence-electron chi connectivity index (χ4n) is 1.05. The molecule has 0 aromatic carbocycles. The highest BCUT2D eigenvalue weighted by Gasteiger charge is 2.10. The van der Waals surface area contributed by atoms with Crippen LogP contribution in [0.1, 0.15) is 35.3 Å². The van der Waals surface area contributed by atoms with Crippen molar-refractivity contribution in [2.45, 2.75) is 33.5 Å². The van der Waals surface area contributed by atoms with Crippen molar-refractivity contribution in [2.75, 3.05) is 0 Å². The first-order valence-electron chi connectivity index (χ1n) is 5.26. The number of ether oxygens (including phenoxy) is 1. The lowest BCUT2D eigenvalue weighted by atomic mass is 10.1. The van der Waals surface area contributed by atoms with E-state index in [-0.39, 0.29) is 12.0 Å². The maximum absolute atomic E-state index is 11.2. The second kappa shape index (κ2) is 5.98. The number of carbonyl (C=O) groups excluding carboxylic acids is 1. The van der Waals surface area contributed by atoms with Gasteiger partial charge in [-0.2, -0.15) is 0 Å². The zero-order valence-corrected chi connectivity index (χ0v) is 10.6. The molecule has 1 heterocycles. The van der Waals surface area contributed by atoms with Gasteiger partial charge in [0.15, 0.2) is 0 Å². The van der Waals surface area contributed by atoms with E-state index in [4.69, 9.17) is 10.6 Å². The molecule has 0 fully saturated rings. The molecule has 0 spiro atoms. The third-order valence-electron chi connectivity index (χ3n) is 2.44. The molecule has 5 heteroatoms. The summed E-state index contributed by atoms with van der Waals surface area (Å²) in [5.74, 6) is 5.29. The predicted octanol–water partition coefficient (Wildman–Crippen LogP) is 1.91. The highest BCUT2D eigenvalue weighted by atomic mass is 32.1. The summed E-state index contributed by atoms with van der Waals surface area (Å²) in [4.78, 5) is 12.8. The van der Waals surface area contributed by atoms with Gasteiger partial charge in [-0.25, -0.2) is 5.84 Å². The van der Waals surface area contributed by atoms with Crippen molar-refractivity contribution in [3.8, 4) is 0 Å². The number of nitrogen functional groups attached to an aromatic ring is 1. The third-order valence-corrected chi connectivity index (χ3v) is 3.50. The molecule has 90 valence electrons. The van der Waals surface area contributed by atoms with Gasteiger partial charge in [0, 0.05) is 4.88 Å². The minimum absolute atomic E-state index is 0.217. The summed E-state index contributed by atoms with van der Waals surface area (Å²) < 4.78 is 5.66. The van der Waals surface area contributed by atoms with E-state index in [0.29, 0.717) is 17.4 Å². The Labute approximate surface area is 99.8 Å². The lowest BCUT2D eigenvalue weighted by Crippen LogP contribution is -2.29. The number of thiophene rings is 1. The molecule has 0 aliphatic rings. The quantitative estimate of drug-likeness (QED) is 0.471. The van der Waals surface area contributed by atoms with Crippen LogP contribution in [0, 0.1) is 5.92 Å². The summed E-state index contributed by atoms with van der Waals surface area (Å²) in [6.07, 6.45) is 0.217. The maximum Gasteiger partial charge on any atom is 0.275 e. The lowest BCUT2D eigenvalue weighted by Gasteiger charge is -2.15. The summed E-state index contributed by atoms with van der Waals surface area (Å²) in [5.41, 5.74) is 2.11. The highest BCUT2D eigenvalue weighted by Crippen LogP contribution is 2.18. The molecular weight excluding hydrogens is 224 g/mol. The molecule has 0 saturated heterocycles. The Morgan fingerprint density at radius 2 is 2.19 bits per heavy atom. The predicted molar refractivity (Wildman–Crippen MR) is 65.1 cm³/mol. The van der Waals surface area contributed by atoms with Crippen LogP contribution in [0.5, 0.6) is 0 Å². The zero-order chi connectivity index (χ0) is 12.1. The Balaban J connectivity index is 2.49. The van der Waals surface area contributed by atoms with E-state index in [9.17, 15) is 4.79 Å². The van der Waals surface area contributed by atoms with Crippen molar-refractivity contribution in [1.82, 2.24) is 5.43 Å². The van der Waals surface area contributed by atoms with Crippen LogP contribution in [0.25, 0.3) is 0 Å². The first-order chi connectivity index (χ1) is 7.54. The van der Waals surface area contributed by atoms with E-state index in [0.717, 1.165) is 4.88 Å². The molecule has 3 N–H and O–H groups in total. The van der Waals surface area contributed by atoms with Gasteiger partial charge in [-0.05, 0) is 25.0 Å². The molecule has 16 heavy (non-hydrogen) atoms. The Morgan fingerprint density at radius 3 is 2.75 bits per heavy atom. The van der Waals surface area contributed by atoms with Crippen LogP contribution in [-0.2, 0) is 11.3 Å². The molecule has 0 bridgehead atoms. The van der Waals surface area contributed by atoms with E-state index in [1.54, 1.807) is 6.07 Å². The maximum atomic E-state index is 11.2.